The second-order valence-corrected chi connectivity index (χ2v) is 3.62. The highest BCUT2D eigenvalue weighted by molar-refractivity contribution is 7.32. The molecule has 1 rings (SSSR count). The van der Waals surface area contributed by atoms with Crippen molar-refractivity contribution in [3.8, 4) is 0 Å². The Morgan fingerprint density at radius 3 is 2.75 bits per heavy atom. The van der Waals surface area contributed by atoms with E-state index in [2.05, 4.69) is 4.52 Å². The number of rotatable bonds is 5. The van der Waals surface area contributed by atoms with Crippen molar-refractivity contribution < 1.29 is 23.5 Å². The summed E-state index contributed by atoms with van der Waals surface area (Å²) in [5.41, 5.74) is 0.875. The summed E-state index contributed by atoms with van der Waals surface area (Å²) in [4.78, 5) is 20.0. The SMILES string of the molecule is CCOC(=O)c1ccccc1CO[P+](=O)O. The van der Waals surface area contributed by atoms with Crippen LogP contribution < -0.4 is 0 Å². The Labute approximate surface area is 94.0 Å². The lowest BCUT2D eigenvalue weighted by atomic mass is 10.1. The van der Waals surface area contributed by atoms with Crippen LogP contribution in [0.2, 0.25) is 0 Å². The molecule has 0 amide bonds. The maximum atomic E-state index is 11.5. The molecular weight excluding hydrogens is 231 g/mol. The van der Waals surface area contributed by atoms with Crippen molar-refractivity contribution in [3.05, 3.63) is 35.4 Å². The molecule has 1 N–H and O–H groups in total. The Balaban J connectivity index is 2.82. The van der Waals surface area contributed by atoms with Crippen LogP contribution in [0.15, 0.2) is 24.3 Å². The van der Waals surface area contributed by atoms with E-state index in [9.17, 15) is 9.36 Å². The molecule has 6 heteroatoms. The van der Waals surface area contributed by atoms with Crippen LogP contribution in [-0.4, -0.2) is 17.5 Å². The molecule has 5 nitrogen and oxygen atoms in total. The van der Waals surface area contributed by atoms with Crippen molar-refractivity contribution in [1.82, 2.24) is 0 Å². The summed E-state index contributed by atoms with van der Waals surface area (Å²) < 4.78 is 19.8. The van der Waals surface area contributed by atoms with Gasteiger partial charge in [0.05, 0.1) is 12.2 Å². The maximum absolute atomic E-state index is 11.5. The third-order valence-corrected chi connectivity index (χ3v) is 2.19. The number of ether oxygens (including phenoxy) is 1. The van der Waals surface area contributed by atoms with Crippen LogP contribution in [0.3, 0.4) is 0 Å². The Bertz CT molecular complexity index is 391. The van der Waals surface area contributed by atoms with E-state index in [1.54, 1.807) is 31.2 Å². The fourth-order valence-electron chi connectivity index (χ4n) is 1.18. The molecule has 0 saturated carbocycles. The van der Waals surface area contributed by atoms with Crippen LogP contribution in [0.25, 0.3) is 0 Å². The van der Waals surface area contributed by atoms with Gasteiger partial charge in [-0.1, -0.05) is 18.2 Å². The van der Waals surface area contributed by atoms with E-state index in [1.807, 2.05) is 0 Å². The minimum atomic E-state index is -2.67. The van der Waals surface area contributed by atoms with Gasteiger partial charge in [0.15, 0.2) is 0 Å². The molecule has 0 bridgehead atoms. The molecule has 0 aliphatic rings. The molecule has 0 radical (unpaired) electrons. The molecule has 1 aromatic carbocycles. The van der Waals surface area contributed by atoms with E-state index < -0.39 is 14.2 Å². The molecule has 86 valence electrons. The van der Waals surface area contributed by atoms with E-state index in [0.717, 1.165) is 0 Å². The lowest BCUT2D eigenvalue weighted by Gasteiger charge is -2.05. The van der Waals surface area contributed by atoms with Crippen LogP contribution in [0.5, 0.6) is 0 Å². The van der Waals surface area contributed by atoms with Gasteiger partial charge in [-0.15, -0.1) is 9.42 Å². The molecule has 1 aromatic rings. The van der Waals surface area contributed by atoms with Gasteiger partial charge < -0.3 is 4.74 Å². The van der Waals surface area contributed by atoms with Crippen molar-refractivity contribution in [2.45, 2.75) is 13.5 Å². The summed E-state index contributed by atoms with van der Waals surface area (Å²) in [7, 11) is -2.67. The summed E-state index contributed by atoms with van der Waals surface area (Å²) in [6.45, 7) is 1.89. The van der Waals surface area contributed by atoms with E-state index in [1.165, 1.54) is 0 Å². The van der Waals surface area contributed by atoms with Crippen LogP contribution in [-0.2, 0) is 20.4 Å². The summed E-state index contributed by atoms with van der Waals surface area (Å²) in [5, 5.41) is 0. The van der Waals surface area contributed by atoms with Crippen LogP contribution in [0, 0.1) is 0 Å². The average molecular weight is 243 g/mol. The van der Waals surface area contributed by atoms with E-state index >= 15 is 0 Å². The van der Waals surface area contributed by atoms with Crippen molar-refractivity contribution in [2.75, 3.05) is 6.61 Å². The largest absolute Gasteiger partial charge is 0.695 e. The van der Waals surface area contributed by atoms with Crippen LogP contribution >= 0.6 is 8.25 Å². The zero-order valence-corrected chi connectivity index (χ0v) is 9.65. The quantitative estimate of drug-likeness (QED) is 0.632. The predicted molar refractivity (Wildman–Crippen MR) is 57.0 cm³/mol. The second-order valence-electron chi connectivity index (χ2n) is 2.89. The predicted octanol–water partition coefficient (Wildman–Crippen LogP) is 2.03. The van der Waals surface area contributed by atoms with E-state index in [4.69, 9.17) is 9.63 Å². The number of carbonyl (C=O) groups is 1. The van der Waals surface area contributed by atoms with Crippen molar-refractivity contribution in [2.24, 2.45) is 0 Å². The second kappa shape index (κ2) is 6.33. The van der Waals surface area contributed by atoms with Gasteiger partial charge in [0.2, 0.25) is 0 Å². The summed E-state index contributed by atoms with van der Waals surface area (Å²) in [6, 6.07) is 6.63. The molecule has 0 saturated heterocycles. The van der Waals surface area contributed by atoms with Gasteiger partial charge in [0.25, 0.3) is 0 Å². The maximum Gasteiger partial charge on any atom is 0.695 e. The average Bonchev–Trinajstić information content (AvgIpc) is 2.27. The molecule has 0 aromatic heterocycles. The van der Waals surface area contributed by atoms with Gasteiger partial charge in [-0.2, -0.15) is 0 Å². The first kappa shape index (κ1) is 12.8. The minimum Gasteiger partial charge on any atom is -0.462 e. The molecule has 0 aliphatic heterocycles. The highest BCUT2D eigenvalue weighted by atomic mass is 31.1. The minimum absolute atomic E-state index is 0.0965. The number of hydrogen-bond acceptors (Lipinski definition) is 4. The smallest absolute Gasteiger partial charge is 0.462 e. The summed E-state index contributed by atoms with van der Waals surface area (Å²) in [5.74, 6) is -0.463. The highest BCUT2D eigenvalue weighted by Crippen LogP contribution is 2.20. The summed E-state index contributed by atoms with van der Waals surface area (Å²) in [6.07, 6.45) is 0. The first-order valence-corrected chi connectivity index (χ1v) is 5.82. The zero-order valence-electron chi connectivity index (χ0n) is 8.75. The molecule has 1 atom stereocenters. The van der Waals surface area contributed by atoms with Crippen LogP contribution in [0.4, 0.5) is 0 Å². The van der Waals surface area contributed by atoms with Gasteiger partial charge in [0.1, 0.15) is 6.61 Å². The van der Waals surface area contributed by atoms with Gasteiger partial charge in [0, 0.05) is 4.57 Å². The Morgan fingerprint density at radius 2 is 2.12 bits per heavy atom. The Hall–Kier alpha value is -1.29. The lowest BCUT2D eigenvalue weighted by Crippen LogP contribution is -2.08. The fourth-order valence-corrected chi connectivity index (χ4v) is 1.43. The summed E-state index contributed by atoms with van der Waals surface area (Å²) >= 11 is 0. The van der Waals surface area contributed by atoms with Gasteiger partial charge >= 0.3 is 14.2 Å². The van der Waals surface area contributed by atoms with Crippen molar-refractivity contribution in [3.63, 3.8) is 0 Å². The van der Waals surface area contributed by atoms with Gasteiger partial charge in [-0.25, -0.2) is 4.79 Å². The zero-order chi connectivity index (χ0) is 12.0. The molecule has 0 heterocycles. The third-order valence-electron chi connectivity index (χ3n) is 1.84. The molecule has 16 heavy (non-hydrogen) atoms. The van der Waals surface area contributed by atoms with E-state index in [-0.39, 0.29) is 13.2 Å². The Morgan fingerprint density at radius 1 is 1.44 bits per heavy atom. The highest BCUT2D eigenvalue weighted by Gasteiger charge is 2.17. The van der Waals surface area contributed by atoms with Crippen molar-refractivity contribution in [1.29, 1.82) is 0 Å². The molecule has 0 spiro atoms. The van der Waals surface area contributed by atoms with Gasteiger partial charge in [-0.05, 0) is 18.6 Å². The third kappa shape index (κ3) is 3.70. The monoisotopic (exact) mass is 243 g/mol. The fraction of sp³-hybridized carbons (Fsp3) is 0.300. The van der Waals surface area contributed by atoms with Crippen LogP contribution in [0.1, 0.15) is 22.8 Å². The first-order chi connectivity index (χ1) is 7.65. The molecule has 0 aliphatic carbocycles. The normalized spacial score (nSPS) is 11.0. The van der Waals surface area contributed by atoms with Gasteiger partial charge in [-0.3, -0.25) is 0 Å². The first-order valence-electron chi connectivity index (χ1n) is 4.69. The van der Waals surface area contributed by atoms with Crippen molar-refractivity contribution >= 4 is 14.2 Å². The number of carbonyl (C=O) groups excluding carboxylic acids is 1. The Kier molecular flexibility index (Phi) is 5.05. The molecular formula is C10H12O5P+. The number of esters is 1. The topological polar surface area (TPSA) is 72.8 Å². The number of hydrogen-bond donors (Lipinski definition) is 1. The molecule has 0 fully saturated rings. The molecule has 1 unspecified atom stereocenters. The lowest BCUT2D eigenvalue weighted by molar-refractivity contribution is 0.0523. The standard InChI is InChI=1S/C10H11O5P/c1-2-14-10(11)9-6-4-3-5-8(9)7-15-16(12)13/h3-6H,2,7H2,1H3/p+1. The number of benzene rings is 1. The van der Waals surface area contributed by atoms with E-state index in [0.29, 0.717) is 11.1 Å².